The second-order valence-electron chi connectivity index (χ2n) is 3.79. The molecule has 0 aromatic carbocycles. The summed E-state index contributed by atoms with van der Waals surface area (Å²) in [5.41, 5.74) is 0. The van der Waals surface area contributed by atoms with E-state index < -0.39 is 16.0 Å². The lowest BCUT2D eigenvalue weighted by Gasteiger charge is -2.19. The Morgan fingerprint density at radius 3 is 2.83 bits per heavy atom. The zero-order chi connectivity index (χ0) is 13.2. The van der Waals surface area contributed by atoms with Gasteiger partial charge < -0.3 is 5.11 Å². The van der Waals surface area contributed by atoms with Crippen LogP contribution in [0.1, 0.15) is 16.1 Å². The summed E-state index contributed by atoms with van der Waals surface area (Å²) in [6.07, 6.45) is 0.802. The first-order valence-electron chi connectivity index (χ1n) is 5.42. The molecule has 8 heteroatoms. The molecule has 18 heavy (non-hydrogen) atoms. The van der Waals surface area contributed by atoms with E-state index in [4.69, 9.17) is 5.11 Å². The van der Waals surface area contributed by atoms with Gasteiger partial charge in [-0.05, 0) is 23.6 Å². The Hall–Kier alpha value is -0.570. The smallest absolute Gasteiger partial charge is 0.347 e. The molecule has 2 heterocycles. The quantitative estimate of drug-likeness (QED) is 0.917. The number of thiophene rings is 1. The number of thioether (sulfide) groups is 1. The van der Waals surface area contributed by atoms with Gasteiger partial charge in [0.2, 0.25) is 10.0 Å². The Morgan fingerprint density at radius 1 is 1.33 bits per heavy atom. The number of hydrogen-bond acceptors (Lipinski definition) is 5. The minimum atomic E-state index is -3.67. The van der Waals surface area contributed by atoms with Gasteiger partial charge in [0.25, 0.3) is 0 Å². The van der Waals surface area contributed by atoms with Crippen molar-refractivity contribution >= 4 is 39.1 Å². The van der Waals surface area contributed by atoms with Crippen LogP contribution in [-0.2, 0) is 10.0 Å². The van der Waals surface area contributed by atoms with Crippen molar-refractivity contribution in [3.63, 3.8) is 0 Å². The predicted octanol–water partition coefficient (Wildman–Crippen LogP) is 1.57. The van der Waals surface area contributed by atoms with Crippen molar-refractivity contribution < 1.29 is 18.3 Å². The van der Waals surface area contributed by atoms with Crippen molar-refractivity contribution in [2.45, 2.75) is 11.3 Å². The lowest BCUT2D eigenvalue weighted by molar-refractivity contribution is 0.0698. The molecule has 0 amide bonds. The van der Waals surface area contributed by atoms with Gasteiger partial charge in [-0.15, -0.1) is 11.3 Å². The lowest BCUT2D eigenvalue weighted by Crippen LogP contribution is -2.33. The Kier molecular flexibility index (Phi) is 4.31. The summed E-state index contributed by atoms with van der Waals surface area (Å²) >= 11 is 2.67. The second-order valence-corrected chi connectivity index (χ2v) is 7.84. The molecule has 1 fully saturated rings. The van der Waals surface area contributed by atoms with E-state index in [0.717, 1.165) is 29.3 Å². The van der Waals surface area contributed by atoms with Gasteiger partial charge in [-0.3, -0.25) is 0 Å². The van der Waals surface area contributed by atoms with Crippen molar-refractivity contribution in [2.75, 3.05) is 24.6 Å². The highest BCUT2D eigenvalue weighted by Gasteiger charge is 2.30. The van der Waals surface area contributed by atoms with Crippen LogP contribution in [0.4, 0.5) is 0 Å². The van der Waals surface area contributed by atoms with Gasteiger partial charge in [-0.25, -0.2) is 13.2 Å². The van der Waals surface area contributed by atoms with Crippen LogP contribution >= 0.6 is 23.1 Å². The van der Waals surface area contributed by atoms with Gasteiger partial charge in [0.15, 0.2) is 0 Å². The van der Waals surface area contributed by atoms with E-state index in [0.29, 0.717) is 13.1 Å². The van der Waals surface area contributed by atoms with Crippen LogP contribution in [0.2, 0.25) is 0 Å². The molecule has 1 N–H and O–H groups in total. The Balaban J connectivity index is 2.34. The zero-order valence-electron chi connectivity index (χ0n) is 9.53. The molecule has 1 aliphatic rings. The van der Waals surface area contributed by atoms with E-state index >= 15 is 0 Å². The molecule has 2 rings (SSSR count). The van der Waals surface area contributed by atoms with Crippen LogP contribution in [0.15, 0.2) is 16.3 Å². The molecule has 1 aliphatic heterocycles. The van der Waals surface area contributed by atoms with Gasteiger partial charge >= 0.3 is 5.97 Å². The molecule has 0 spiro atoms. The second kappa shape index (κ2) is 5.60. The zero-order valence-corrected chi connectivity index (χ0v) is 12.0. The minimum Gasteiger partial charge on any atom is -0.477 e. The van der Waals surface area contributed by atoms with Crippen molar-refractivity contribution in [3.8, 4) is 0 Å². The lowest BCUT2D eigenvalue weighted by atomic mass is 10.5. The topological polar surface area (TPSA) is 74.7 Å². The molecular weight excluding hydrogens is 294 g/mol. The van der Waals surface area contributed by atoms with Crippen LogP contribution in [0, 0.1) is 0 Å². The van der Waals surface area contributed by atoms with E-state index in [-0.39, 0.29) is 9.77 Å². The summed E-state index contributed by atoms with van der Waals surface area (Å²) in [4.78, 5) is 10.8. The van der Waals surface area contributed by atoms with Crippen molar-refractivity contribution in [3.05, 3.63) is 16.3 Å². The minimum absolute atomic E-state index is 0.0769. The van der Waals surface area contributed by atoms with Gasteiger partial charge in [-0.1, -0.05) is 0 Å². The largest absolute Gasteiger partial charge is 0.477 e. The SMILES string of the molecule is O=C(O)c1sccc1S(=O)(=O)N1CCCSCC1. The normalized spacial score (nSPS) is 18.4. The first-order chi connectivity index (χ1) is 8.53. The Morgan fingerprint density at radius 2 is 2.11 bits per heavy atom. The van der Waals surface area contributed by atoms with Crippen molar-refractivity contribution in [1.29, 1.82) is 0 Å². The average Bonchev–Trinajstić information content (AvgIpc) is 2.65. The molecule has 0 atom stereocenters. The van der Waals surface area contributed by atoms with E-state index in [1.807, 2.05) is 0 Å². The average molecular weight is 307 g/mol. The highest BCUT2D eigenvalue weighted by Crippen LogP contribution is 2.26. The Bertz CT molecular complexity index is 529. The number of carboxylic acids is 1. The van der Waals surface area contributed by atoms with Crippen LogP contribution in [0.5, 0.6) is 0 Å². The fourth-order valence-corrected chi connectivity index (χ4v) is 5.47. The van der Waals surface area contributed by atoms with E-state index in [1.54, 1.807) is 11.8 Å². The molecule has 0 bridgehead atoms. The summed E-state index contributed by atoms with van der Waals surface area (Å²) in [6, 6.07) is 1.38. The molecule has 100 valence electrons. The number of carbonyl (C=O) groups is 1. The fourth-order valence-electron chi connectivity index (χ4n) is 1.76. The maximum absolute atomic E-state index is 12.4. The molecule has 1 aromatic rings. The van der Waals surface area contributed by atoms with Crippen LogP contribution in [0.3, 0.4) is 0 Å². The monoisotopic (exact) mass is 307 g/mol. The number of nitrogens with zero attached hydrogens (tertiary/aromatic N) is 1. The first-order valence-corrected chi connectivity index (χ1v) is 8.89. The third-order valence-electron chi connectivity index (χ3n) is 2.62. The molecule has 0 unspecified atom stereocenters. The standard InChI is InChI=1S/C10H13NO4S3/c12-10(13)9-8(2-6-17-9)18(14,15)11-3-1-5-16-7-4-11/h2,6H,1,3-5,7H2,(H,12,13). The third-order valence-corrected chi connectivity index (χ3v) is 6.64. The molecule has 1 aromatic heterocycles. The number of aromatic carboxylic acids is 1. The summed E-state index contributed by atoms with van der Waals surface area (Å²) in [5.74, 6) is 0.514. The van der Waals surface area contributed by atoms with Crippen LogP contribution < -0.4 is 0 Å². The summed E-state index contributed by atoms with van der Waals surface area (Å²) in [6.45, 7) is 0.909. The van der Waals surface area contributed by atoms with Crippen LogP contribution in [0.25, 0.3) is 0 Å². The predicted molar refractivity (Wildman–Crippen MR) is 72.0 cm³/mol. The summed E-state index contributed by atoms with van der Waals surface area (Å²) < 4.78 is 26.2. The van der Waals surface area contributed by atoms with Gasteiger partial charge in [0.05, 0.1) is 0 Å². The van der Waals surface area contributed by atoms with Crippen molar-refractivity contribution in [2.24, 2.45) is 0 Å². The molecular formula is C10H13NO4S3. The summed E-state index contributed by atoms with van der Waals surface area (Å²) in [5, 5.41) is 10.5. The Labute approximate surface area is 114 Å². The third kappa shape index (κ3) is 2.71. The molecule has 5 nitrogen and oxygen atoms in total. The van der Waals surface area contributed by atoms with E-state index in [9.17, 15) is 13.2 Å². The number of carboxylic acid groups (broad SMARTS) is 1. The summed E-state index contributed by atoms with van der Waals surface area (Å²) in [7, 11) is -3.67. The van der Waals surface area contributed by atoms with Crippen molar-refractivity contribution in [1.82, 2.24) is 4.31 Å². The van der Waals surface area contributed by atoms with Gasteiger partial charge in [0, 0.05) is 18.8 Å². The fraction of sp³-hybridized carbons (Fsp3) is 0.500. The van der Waals surface area contributed by atoms with E-state index in [1.165, 1.54) is 15.8 Å². The first kappa shape index (κ1) is 13.9. The number of rotatable bonds is 3. The number of sulfonamides is 1. The maximum Gasteiger partial charge on any atom is 0.347 e. The molecule has 0 saturated carbocycles. The van der Waals surface area contributed by atoms with E-state index in [2.05, 4.69) is 0 Å². The number of hydrogen-bond donors (Lipinski definition) is 1. The van der Waals surface area contributed by atoms with Gasteiger partial charge in [-0.2, -0.15) is 16.1 Å². The molecule has 0 aliphatic carbocycles. The highest BCUT2D eigenvalue weighted by atomic mass is 32.2. The highest BCUT2D eigenvalue weighted by molar-refractivity contribution is 7.99. The molecule has 1 saturated heterocycles. The van der Waals surface area contributed by atoms with Gasteiger partial charge in [0.1, 0.15) is 9.77 Å². The molecule has 0 radical (unpaired) electrons. The maximum atomic E-state index is 12.4. The van der Waals surface area contributed by atoms with Crippen LogP contribution in [-0.4, -0.2) is 48.4 Å².